The van der Waals surface area contributed by atoms with E-state index in [0.29, 0.717) is 9.22 Å². The van der Waals surface area contributed by atoms with E-state index in [-0.39, 0.29) is 15.0 Å². The van der Waals surface area contributed by atoms with Gasteiger partial charge in [0.2, 0.25) is 0 Å². The van der Waals surface area contributed by atoms with Crippen molar-refractivity contribution >= 4 is 24.2 Å². The molecule has 0 heterocycles. The molecule has 2 aromatic rings. The van der Waals surface area contributed by atoms with Gasteiger partial charge in [-0.25, -0.2) is 0 Å². The summed E-state index contributed by atoms with van der Waals surface area (Å²) in [5.41, 5.74) is 1.82. The van der Waals surface area contributed by atoms with Gasteiger partial charge in [-0.3, -0.25) is 0 Å². The molecule has 2 rings (SSSR count). The van der Waals surface area contributed by atoms with E-state index in [1.54, 1.807) is 0 Å². The summed E-state index contributed by atoms with van der Waals surface area (Å²) in [6.07, 6.45) is 0. The topological polar surface area (TPSA) is 47.7 Å². The van der Waals surface area contributed by atoms with Gasteiger partial charge in [0.25, 0.3) is 0 Å². The van der Waals surface area contributed by atoms with Gasteiger partial charge in [-0.15, -0.1) is 0 Å². The maximum atomic E-state index is 8.00. The van der Waals surface area contributed by atoms with Crippen LogP contribution >= 0.6 is 0 Å². The van der Waals surface area contributed by atoms with Crippen molar-refractivity contribution in [3.8, 4) is 0 Å². The van der Waals surface area contributed by atoms with Gasteiger partial charge in [0.05, 0.1) is 0 Å². The van der Waals surface area contributed by atoms with Crippen LogP contribution in [0.1, 0.15) is 11.1 Å². The molecule has 0 bridgehead atoms. The van der Waals surface area contributed by atoms with Gasteiger partial charge in [-0.1, -0.05) is 0 Å². The summed E-state index contributed by atoms with van der Waals surface area (Å²) in [4.78, 5) is 0. The van der Waals surface area contributed by atoms with E-state index in [4.69, 9.17) is 10.8 Å². The molecule has 0 spiro atoms. The van der Waals surface area contributed by atoms with Crippen LogP contribution in [0.2, 0.25) is 0 Å². The Balaban J connectivity index is 2.08. The molecule has 0 aliphatic heterocycles. The first-order valence-corrected chi connectivity index (χ1v) is 6.94. The molecule has 0 aliphatic carbocycles. The fourth-order valence-electron chi connectivity index (χ4n) is 1.40. The monoisotopic (exact) mass is 288 g/mol. The van der Waals surface area contributed by atoms with Crippen LogP contribution in [0.25, 0.3) is 0 Å². The number of hydrogen-bond donors (Lipinski definition) is 2. The molecule has 0 amide bonds. The molecule has 2 aromatic carbocycles. The minimum absolute atomic E-state index is 0.233. The van der Waals surface area contributed by atoms with Crippen LogP contribution in [-0.2, 0) is 0 Å². The second-order valence-corrected chi connectivity index (χ2v) is 5.63. The minimum atomic E-state index is -0.233. The molecule has 0 radical (unpaired) electrons. The van der Waals surface area contributed by atoms with E-state index in [1.807, 2.05) is 60.7 Å². The molecular weight excluding hydrogens is 275 g/mol. The Morgan fingerprint density at radius 1 is 0.647 bits per heavy atom. The Morgan fingerprint density at radius 2 is 1.00 bits per heavy atom. The normalized spacial score (nSPS) is 9.88. The first-order valence-electron chi connectivity index (χ1n) is 5.23. The standard InChI is InChI=1S/C14H12N2Se/c15-13(11-7-3-1-4-8-11)17-14(16)12-9-5-2-6-10-12/h1-10,15-16H. The van der Waals surface area contributed by atoms with Crippen molar-refractivity contribution in [2.24, 2.45) is 0 Å². The zero-order valence-electron chi connectivity index (χ0n) is 9.18. The van der Waals surface area contributed by atoms with Crippen LogP contribution in [0.3, 0.4) is 0 Å². The van der Waals surface area contributed by atoms with Crippen molar-refractivity contribution in [3.63, 3.8) is 0 Å². The summed E-state index contributed by atoms with van der Waals surface area (Å²) in [6.45, 7) is 0. The molecule has 0 saturated heterocycles. The van der Waals surface area contributed by atoms with Gasteiger partial charge in [-0.2, -0.15) is 0 Å². The fourth-order valence-corrected chi connectivity index (χ4v) is 2.89. The molecule has 0 aromatic heterocycles. The summed E-state index contributed by atoms with van der Waals surface area (Å²) < 4.78 is 1.10. The van der Waals surface area contributed by atoms with Crippen molar-refractivity contribution in [1.29, 1.82) is 10.8 Å². The molecule has 0 atom stereocenters. The third kappa shape index (κ3) is 3.13. The molecule has 3 heteroatoms. The average Bonchev–Trinajstić information content (AvgIpc) is 2.40. The molecule has 17 heavy (non-hydrogen) atoms. The van der Waals surface area contributed by atoms with E-state index in [1.165, 1.54) is 0 Å². The van der Waals surface area contributed by atoms with Crippen LogP contribution in [0.5, 0.6) is 0 Å². The van der Waals surface area contributed by atoms with E-state index in [0.717, 1.165) is 11.1 Å². The Morgan fingerprint density at radius 3 is 1.35 bits per heavy atom. The van der Waals surface area contributed by atoms with Gasteiger partial charge in [0.1, 0.15) is 0 Å². The quantitative estimate of drug-likeness (QED) is 0.642. The molecule has 0 saturated carbocycles. The molecular formula is C14H12N2Se. The van der Waals surface area contributed by atoms with Crippen LogP contribution in [0.4, 0.5) is 0 Å². The van der Waals surface area contributed by atoms with Crippen LogP contribution in [-0.4, -0.2) is 24.2 Å². The molecule has 84 valence electrons. The zero-order valence-corrected chi connectivity index (χ0v) is 10.9. The fraction of sp³-hybridized carbons (Fsp3) is 0. The molecule has 2 N–H and O–H groups in total. The summed E-state index contributed by atoms with van der Waals surface area (Å²) >= 11 is -0.233. The van der Waals surface area contributed by atoms with Gasteiger partial charge in [0.15, 0.2) is 0 Å². The van der Waals surface area contributed by atoms with Crippen molar-refractivity contribution in [1.82, 2.24) is 0 Å². The predicted molar refractivity (Wildman–Crippen MR) is 72.3 cm³/mol. The van der Waals surface area contributed by atoms with E-state index in [2.05, 4.69) is 0 Å². The predicted octanol–water partition coefficient (Wildman–Crippen LogP) is 2.74. The van der Waals surface area contributed by atoms with E-state index < -0.39 is 0 Å². The van der Waals surface area contributed by atoms with Gasteiger partial charge < -0.3 is 0 Å². The van der Waals surface area contributed by atoms with E-state index >= 15 is 0 Å². The first kappa shape index (κ1) is 11.8. The Bertz CT molecular complexity index is 471. The van der Waals surface area contributed by atoms with Crippen LogP contribution < -0.4 is 0 Å². The van der Waals surface area contributed by atoms with Crippen molar-refractivity contribution in [3.05, 3.63) is 71.8 Å². The average molecular weight is 287 g/mol. The van der Waals surface area contributed by atoms with Gasteiger partial charge in [-0.05, 0) is 0 Å². The summed E-state index contributed by atoms with van der Waals surface area (Å²) in [5.74, 6) is 0. The van der Waals surface area contributed by atoms with Crippen LogP contribution in [0.15, 0.2) is 60.7 Å². The number of nitrogens with one attached hydrogen (secondary N) is 2. The Hall–Kier alpha value is -1.70. The Kier molecular flexibility index (Phi) is 3.86. The molecule has 0 unspecified atom stereocenters. The van der Waals surface area contributed by atoms with Gasteiger partial charge in [0, 0.05) is 0 Å². The second-order valence-electron chi connectivity index (χ2n) is 3.49. The van der Waals surface area contributed by atoms with Crippen LogP contribution in [0, 0.1) is 10.8 Å². The van der Waals surface area contributed by atoms with Gasteiger partial charge >= 0.3 is 107 Å². The number of benzene rings is 2. The zero-order chi connectivity index (χ0) is 12.1. The summed E-state index contributed by atoms with van der Waals surface area (Å²) in [7, 11) is 0. The molecule has 0 aliphatic rings. The van der Waals surface area contributed by atoms with Crippen molar-refractivity contribution in [2.75, 3.05) is 0 Å². The van der Waals surface area contributed by atoms with Crippen molar-refractivity contribution < 1.29 is 0 Å². The first-order chi connectivity index (χ1) is 8.27. The Labute approximate surface area is 107 Å². The second kappa shape index (κ2) is 5.58. The maximum absolute atomic E-state index is 8.00. The SMILES string of the molecule is N=C([Se]C(=N)c1ccccc1)c1ccccc1. The number of hydrogen-bond acceptors (Lipinski definition) is 2. The third-order valence-corrected chi connectivity index (χ3v) is 4.12. The van der Waals surface area contributed by atoms with Crippen molar-refractivity contribution in [2.45, 2.75) is 0 Å². The summed E-state index contributed by atoms with van der Waals surface area (Å²) in [5, 5.41) is 16.0. The third-order valence-electron chi connectivity index (χ3n) is 2.28. The summed E-state index contributed by atoms with van der Waals surface area (Å²) in [6, 6.07) is 19.2. The molecule has 2 nitrogen and oxygen atoms in total. The number of rotatable bonds is 4. The van der Waals surface area contributed by atoms with E-state index in [9.17, 15) is 0 Å². The molecule has 0 fully saturated rings.